The molecule has 1 aliphatic carbocycles. The zero-order chi connectivity index (χ0) is 19.2. The average Bonchev–Trinajstić information content (AvgIpc) is 2.68. The average molecular weight is 376 g/mol. The predicted molar refractivity (Wildman–Crippen MR) is 102 cm³/mol. The number of piperazine rings is 1. The van der Waals surface area contributed by atoms with Crippen LogP contribution in [0.2, 0.25) is 0 Å². The highest BCUT2D eigenvalue weighted by molar-refractivity contribution is 5.94. The van der Waals surface area contributed by atoms with Gasteiger partial charge in [-0.25, -0.2) is 4.39 Å². The molecule has 1 saturated heterocycles. The molecule has 27 heavy (non-hydrogen) atoms. The first-order valence-corrected chi connectivity index (χ1v) is 9.84. The third-order valence-electron chi connectivity index (χ3n) is 5.58. The Kier molecular flexibility index (Phi) is 6.79. The van der Waals surface area contributed by atoms with Gasteiger partial charge in [0.1, 0.15) is 5.82 Å². The fourth-order valence-electron chi connectivity index (χ4n) is 3.97. The van der Waals surface area contributed by atoms with E-state index in [1.54, 1.807) is 12.1 Å². The van der Waals surface area contributed by atoms with Crippen LogP contribution in [0.25, 0.3) is 0 Å². The molecule has 3 N–H and O–H groups in total. The zero-order valence-electron chi connectivity index (χ0n) is 15.7. The number of halogens is 1. The minimum absolute atomic E-state index is 0.0682. The lowest BCUT2D eigenvalue weighted by Crippen LogP contribution is -2.52. The maximum Gasteiger partial charge on any atom is 0.254 e. The monoisotopic (exact) mass is 376 g/mol. The summed E-state index contributed by atoms with van der Waals surface area (Å²) in [5.74, 6) is -0.571. The van der Waals surface area contributed by atoms with Crippen LogP contribution in [0, 0.1) is 11.7 Å². The molecule has 2 amide bonds. The van der Waals surface area contributed by atoms with E-state index in [4.69, 9.17) is 5.73 Å². The van der Waals surface area contributed by atoms with E-state index in [1.807, 2.05) is 4.90 Å². The Morgan fingerprint density at radius 2 is 1.89 bits per heavy atom. The number of nitrogens with zero attached hydrogens (tertiary/aromatic N) is 2. The summed E-state index contributed by atoms with van der Waals surface area (Å²) in [5, 5.41) is 2.76. The van der Waals surface area contributed by atoms with Gasteiger partial charge in [0, 0.05) is 51.2 Å². The second-order valence-corrected chi connectivity index (χ2v) is 7.53. The fraction of sp³-hybridized carbons (Fsp3) is 0.600. The Morgan fingerprint density at radius 1 is 1.15 bits per heavy atom. The van der Waals surface area contributed by atoms with Crippen molar-refractivity contribution >= 4 is 11.8 Å². The predicted octanol–water partition coefficient (Wildman–Crippen LogP) is 1.22. The van der Waals surface area contributed by atoms with E-state index in [9.17, 15) is 14.0 Å². The molecule has 2 fully saturated rings. The van der Waals surface area contributed by atoms with Crippen LogP contribution in [0.15, 0.2) is 24.3 Å². The molecule has 3 rings (SSSR count). The van der Waals surface area contributed by atoms with Gasteiger partial charge in [-0.1, -0.05) is 18.6 Å². The summed E-state index contributed by atoms with van der Waals surface area (Å²) in [4.78, 5) is 28.8. The van der Waals surface area contributed by atoms with Crippen molar-refractivity contribution in [1.82, 2.24) is 15.1 Å². The van der Waals surface area contributed by atoms with Gasteiger partial charge in [0.15, 0.2) is 0 Å². The summed E-state index contributed by atoms with van der Waals surface area (Å²) in [5.41, 5.74) is 6.08. The van der Waals surface area contributed by atoms with Crippen LogP contribution in [0.3, 0.4) is 0 Å². The molecule has 7 heteroatoms. The molecule has 1 aromatic carbocycles. The molecular formula is C20H29FN4O2. The molecule has 0 radical (unpaired) electrons. The Bertz CT molecular complexity index is 661. The van der Waals surface area contributed by atoms with Crippen LogP contribution in [0.5, 0.6) is 0 Å². The van der Waals surface area contributed by atoms with Gasteiger partial charge in [-0.2, -0.15) is 0 Å². The molecule has 0 bridgehead atoms. The lowest BCUT2D eigenvalue weighted by molar-refractivity contribution is -0.138. The summed E-state index contributed by atoms with van der Waals surface area (Å²) in [6.07, 6.45) is 3.82. The summed E-state index contributed by atoms with van der Waals surface area (Å²) >= 11 is 0. The lowest BCUT2D eigenvalue weighted by atomic mass is 9.85. The van der Waals surface area contributed by atoms with E-state index in [2.05, 4.69) is 10.2 Å². The van der Waals surface area contributed by atoms with E-state index in [0.29, 0.717) is 26.2 Å². The maximum absolute atomic E-state index is 13.6. The van der Waals surface area contributed by atoms with Gasteiger partial charge >= 0.3 is 0 Å². The van der Waals surface area contributed by atoms with Crippen molar-refractivity contribution in [2.45, 2.75) is 31.7 Å². The highest BCUT2D eigenvalue weighted by Crippen LogP contribution is 2.25. The molecule has 1 heterocycles. The van der Waals surface area contributed by atoms with Crippen LogP contribution in [0.1, 0.15) is 36.0 Å². The molecule has 0 spiro atoms. The van der Waals surface area contributed by atoms with Crippen molar-refractivity contribution in [2.75, 3.05) is 39.3 Å². The quantitative estimate of drug-likeness (QED) is 0.810. The number of nitrogens with two attached hydrogens (primary N) is 1. The number of hydrogen-bond donors (Lipinski definition) is 2. The number of carbonyl (C=O) groups excluding carboxylic acids is 2. The number of benzene rings is 1. The minimum atomic E-state index is -0.510. The van der Waals surface area contributed by atoms with Crippen LogP contribution >= 0.6 is 0 Å². The lowest BCUT2D eigenvalue weighted by Gasteiger charge is -2.37. The summed E-state index contributed by atoms with van der Waals surface area (Å²) in [6.45, 7) is 4.16. The van der Waals surface area contributed by atoms with Gasteiger partial charge in [0.25, 0.3) is 5.91 Å². The van der Waals surface area contributed by atoms with Crippen molar-refractivity contribution < 1.29 is 14.0 Å². The minimum Gasteiger partial charge on any atom is -0.351 e. The molecule has 2 aliphatic rings. The Hall–Kier alpha value is -1.99. The van der Waals surface area contributed by atoms with Crippen LogP contribution in [0.4, 0.5) is 4.39 Å². The molecule has 2 unspecified atom stereocenters. The maximum atomic E-state index is 13.6. The Labute approximate surface area is 159 Å². The Morgan fingerprint density at radius 3 is 2.59 bits per heavy atom. The molecular weight excluding hydrogens is 347 g/mol. The Balaban J connectivity index is 1.38. The fourth-order valence-corrected chi connectivity index (χ4v) is 3.97. The van der Waals surface area contributed by atoms with Gasteiger partial charge in [-0.3, -0.25) is 14.5 Å². The molecule has 1 aliphatic heterocycles. The molecule has 6 nitrogen and oxygen atoms in total. The second-order valence-electron chi connectivity index (χ2n) is 7.53. The van der Waals surface area contributed by atoms with Gasteiger partial charge in [0.2, 0.25) is 5.91 Å². The smallest absolute Gasteiger partial charge is 0.254 e. The van der Waals surface area contributed by atoms with Gasteiger partial charge in [-0.15, -0.1) is 0 Å². The molecule has 0 aromatic heterocycles. The van der Waals surface area contributed by atoms with Crippen LogP contribution < -0.4 is 11.1 Å². The third kappa shape index (κ3) is 5.26. The van der Waals surface area contributed by atoms with E-state index in [1.165, 1.54) is 12.1 Å². The van der Waals surface area contributed by atoms with Crippen molar-refractivity contribution in [2.24, 2.45) is 11.7 Å². The number of carbonyl (C=O) groups is 2. The van der Waals surface area contributed by atoms with E-state index in [0.717, 1.165) is 38.8 Å². The van der Waals surface area contributed by atoms with Gasteiger partial charge in [-0.05, 0) is 31.4 Å². The van der Waals surface area contributed by atoms with Crippen LogP contribution in [-0.2, 0) is 4.79 Å². The third-order valence-corrected chi connectivity index (χ3v) is 5.58. The topological polar surface area (TPSA) is 78.7 Å². The number of amides is 2. The van der Waals surface area contributed by atoms with Gasteiger partial charge in [0.05, 0.1) is 5.56 Å². The molecule has 1 aromatic rings. The first kappa shape index (κ1) is 19.8. The number of rotatable bonds is 5. The van der Waals surface area contributed by atoms with Crippen molar-refractivity contribution in [3.8, 4) is 0 Å². The highest BCUT2D eigenvalue weighted by atomic mass is 19.1. The van der Waals surface area contributed by atoms with Crippen molar-refractivity contribution in [1.29, 1.82) is 0 Å². The summed E-state index contributed by atoms with van der Waals surface area (Å²) < 4.78 is 13.6. The molecule has 2 atom stereocenters. The first-order valence-electron chi connectivity index (χ1n) is 9.84. The van der Waals surface area contributed by atoms with E-state index in [-0.39, 0.29) is 23.4 Å². The van der Waals surface area contributed by atoms with E-state index < -0.39 is 11.7 Å². The molecule has 1 saturated carbocycles. The zero-order valence-corrected chi connectivity index (χ0v) is 15.7. The highest BCUT2D eigenvalue weighted by Gasteiger charge is 2.30. The second kappa shape index (κ2) is 9.28. The SMILES string of the molecule is NC1CCCC(C(=O)N2CCN(CCNC(=O)c3ccccc3F)CC2)C1. The largest absolute Gasteiger partial charge is 0.351 e. The summed E-state index contributed by atoms with van der Waals surface area (Å²) in [6, 6.07) is 6.13. The number of hydrogen-bond acceptors (Lipinski definition) is 4. The first-order chi connectivity index (χ1) is 13.0. The van der Waals surface area contributed by atoms with Gasteiger partial charge < -0.3 is 16.0 Å². The molecule has 148 valence electrons. The normalized spacial score (nSPS) is 23.9. The van der Waals surface area contributed by atoms with Crippen LogP contribution in [-0.4, -0.2) is 66.9 Å². The summed E-state index contributed by atoms with van der Waals surface area (Å²) in [7, 11) is 0. The number of nitrogens with one attached hydrogen (secondary N) is 1. The van der Waals surface area contributed by atoms with Crippen molar-refractivity contribution in [3.63, 3.8) is 0 Å². The van der Waals surface area contributed by atoms with Crippen molar-refractivity contribution in [3.05, 3.63) is 35.6 Å². The van der Waals surface area contributed by atoms with E-state index >= 15 is 0 Å². The standard InChI is InChI=1S/C20H29FN4O2/c21-18-7-2-1-6-17(18)19(26)23-8-9-24-10-12-25(13-11-24)20(27)15-4-3-5-16(22)14-15/h1-2,6-7,15-16H,3-5,8-14,22H2,(H,23,26).